The van der Waals surface area contributed by atoms with Gasteiger partial charge in [-0.2, -0.15) is 4.91 Å². The molecule has 8 heteroatoms. The van der Waals surface area contributed by atoms with Crippen molar-refractivity contribution in [3.05, 3.63) is 52.5 Å². The normalized spacial score (nSPS) is 22.8. The lowest BCUT2D eigenvalue weighted by molar-refractivity contribution is 0.367. The van der Waals surface area contributed by atoms with Gasteiger partial charge >= 0.3 is 0 Å². The van der Waals surface area contributed by atoms with Gasteiger partial charge < -0.3 is 20.9 Å². The molecular weight excluding hydrogens is 450 g/mol. The molecule has 2 heterocycles. The van der Waals surface area contributed by atoms with Crippen molar-refractivity contribution in [2.45, 2.75) is 83.3 Å². The van der Waals surface area contributed by atoms with E-state index >= 15 is 0 Å². The monoisotopic (exact) mass is 491 g/mol. The second-order valence-electron chi connectivity index (χ2n) is 10.2. The zero-order valence-corrected chi connectivity index (χ0v) is 22.0. The van der Waals surface area contributed by atoms with Gasteiger partial charge in [-0.1, -0.05) is 43.5 Å². The number of allylic oxidation sites excluding steroid dienone is 2. The summed E-state index contributed by atoms with van der Waals surface area (Å²) >= 11 is 0. The third-order valence-corrected chi connectivity index (χ3v) is 7.75. The smallest absolute Gasteiger partial charge is 0.145 e. The van der Waals surface area contributed by atoms with Crippen molar-refractivity contribution in [2.75, 3.05) is 25.0 Å². The zero-order chi connectivity index (χ0) is 25.5. The number of anilines is 1. The molecule has 8 nitrogen and oxygen atoms in total. The summed E-state index contributed by atoms with van der Waals surface area (Å²) < 4.78 is 0. The number of nitrogens with one attached hydrogen (secondary N) is 1. The van der Waals surface area contributed by atoms with Gasteiger partial charge in [-0.15, -0.1) is 0 Å². The molecule has 0 bridgehead atoms. The average Bonchev–Trinajstić information content (AvgIpc) is 2.92. The van der Waals surface area contributed by atoms with Gasteiger partial charge in [0, 0.05) is 44.3 Å². The Morgan fingerprint density at radius 2 is 1.83 bits per heavy atom. The molecule has 1 aromatic carbocycles. The van der Waals surface area contributed by atoms with Gasteiger partial charge in [0.05, 0.1) is 11.7 Å². The molecule has 1 unspecified atom stereocenters. The van der Waals surface area contributed by atoms with Crippen molar-refractivity contribution in [1.82, 2.24) is 10.2 Å². The number of likely N-dealkylation sites (N-methyl/N-ethyl adjacent to an activating group) is 1. The number of rotatable bonds is 8. The molecule has 3 aliphatic rings. The maximum absolute atomic E-state index is 10.8. The molecule has 36 heavy (non-hydrogen) atoms. The van der Waals surface area contributed by atoms with Crippen molar-refractivity contribution in [1.29, 1.82) is 0 Å². The maximum Gasteiger partial charge on any atom is 0.145 e. The quantitative estimate of drug-likeness (QED) is 0.302. The SMILES string of the molecule is CCC1=C(NC2CCCCC2)N=CC(C(N)=N/C=C(\C)c2ccc(N3CCC(N=O)CC3)cc2)N1C. The summed E-state index contributed by atoms with van der Waals surface area (Å²) in [6.07, 6.45) is 12.6. The van der Waals surface area contributed by atoms with E-state index in [1.54, 1.807) is 0 Å². The lowest BCUT2D eigenvalue weighted by Gasteiger charge is -2.34. The topological polar surface area (TPSA) is 98.7 Å². The minimum atomic E-state index is -0.160. The van der Waals surface area contributed by atoms with E-state index in [9.17, 15) is 4.91 Å². The van der Waals surface area contributed by atoms with Gasteiger partial charge in [-0.3, -0.25) is 0 Å². The van der Waals surface area contributed by atoms with Crippen molar-refractivity contribution in [3.63, 3.8) is 0 Å². The number of nitrogens with zero attached hydrogens (tertiary/aromatic N) is 5. The van der Waals surface area contributed by atoms with Crippen LogP contribution < -0.4 is 16.0 Å². The average molecular weight is 492 g/mol. The first-order chi connectivity index (χ1) is 17.5. The fourth-order valence-corrected chi connectivity index (χ4v) is 5.39. The van der Waals surface area contributed by atoms with Gasteiger partial charge in [0.25, 0.3) is 0 Å². The lowest BCUT2D eigenvalue weighted by Crippen LogP contribution is -2.47. The standard InChI is InChI=1S/C28H41N7O/c1-4-25-28(32-22-8-6-5-7-9-22)31-19-26(34(25)3)27(29)30-18-20(2)21-10-12-24(13-11-21)35-16-14-23(33-36)15-17-35/h10-13,18-19,22-23,26,32H,4-9,14-17H2,1-3H3,(H2,29,30)/b20-18+. The van der Waals surface area contributed by atoms with Crippen LogP contribution in [0.2, 0.25) is 0 Å². The Morgan fingerprint density at radius 3 is 2.47 bits per heavy atom. The van der Waals surface area contributed by atoms with Crippen LogP contribution in [0.3, 0.4) is 0 Å². The Kier molecular flexibility index (Phi) is 8.78. The Labute approximate surface area is 215 Å². The number of benzene rings is 1. The van der Waals surface area contributed by atoms with Gasteiger partial charge in [0.2, 0.25) is 0 Å². The van der Waals surface area contributed by atoms with Crippen LogP contribution >= 0.6 is 0 Å². The number of aliphatic imine (C=N–C) groups is 2. The summed E-state index contributed by atoms with van der Waals surface area (Å²) in [4.78, 5) is 24.7. The summed E-state index contributed by atoms with van der Waals surface area (Å²) in [5.74, 6) is 1.51. The van der Waals surface area contributed by atoms with E-state index in [0.717, 1.165) is 49.3 Å². The van der Waals surface area contributed by atoms with E-state index in [2.05, 4.69) is 70.4 Å². The number of nitroso groups, excluding NO2 is 1. The molecule has 0 aromatic heterocycles. The predicted molar refractivity (Wildman–Crippen MR) is 150 cm³/mol. The number of nitrogens with two attached hydrogens (primary N) is 1. The highest BCUT2D eigenvalue weighted by Crippen LogP contribution is 2.25. The van der Waals surface area contributed by atoms with Crippen LogP contribution in [0.1, 0.15) is 70.8 Å². The highest BCUT2D eigenvalue weighted by molar-refractivity contribution is 6.01. The van der Waals surface area contributed by atoms with E-state index in [0.29, 0.717) is 11.9 Å². The van der Waals surface area contributed by atoms with E-state index in [4.69, 9.17) is 10.7 Å². The number of amidine groups is 1. The molecular formula is C28H41N7O. The van der Waals surface area contributed by atoms with Crippen molar-refractivity contribution < 1.29 is 0 Å². The van der Waals surface area contributed by atoms with Gasteiger partial charge in [-0.25, -0.2) is 9.98 Å². The minimum absolute atomic E-state index is 0.0362. The molecule has 1 saturated carbocycles. The van der Waals surface area contributed by atoms with Crippen LogP contribution in [0, 0.1) is 4.91 Å². The molecule has 0 radical (unpaired) electrons. The third kappa shape index (κ3) is 6.15. The van der Waals surface area contributed by atoms with Crippen LogP contribution in [-0.4, -0.2) is 55.2 Å². The van der Waals surface area contributed by atoms with E-state index in [1.165, 1.54) is 43.5 Å². The third-order valence-electron chi connectivity index (χ3n) is 7.75. The van der Waals surface area contributed by atoms with Gasteiger partial charge in [0.1, 0.15) is 17.7 Å². The fourth-order valence-electron chi connectivity index (χ4n) is 5.39. The second-order valence-corrected chi connectivity index (χ2v) is 10.2. The Bertz CT molecular complexity index is 1010. The summed E-state index contributed by atoms with van der Waals surface area (Å²) in [5, 5.41) is 6.88. The van der Waals surface area contributed by atoms with Crippen LogP contribution in [0.25, 0.3) is 5.57 Å². The lowest BCUT2D eigenvalue weighted by atomic mass is 9.95. The van der Waals surface area contributed by atoms with Crippen LogP contribution in [-0.2, 0) is 0 Å². The fraction of sp³-hybridized carbons (Fsp3) is 0.571. The molecule has 3 N–H and O–H groups in total. The van der Waals surface area contributed by atoms with Crippen LogP contribution in [0.15, 0.2) is 57.1 Å². The molecule has 1 atom stereocenters. The Morgan fingerprint density at radius 1 is 1.14 bits per heavy atom. The molecule has 194 valence electrons. The maximum atomic E-state index is 10.8. The molecule has 1 aromatic rings. The summed E-state index contributed by atoms with van der Waals surface area (Å²) in [7, 11) is 2.07. The first-order valence-corrected chi connectivity index (χ1v) is 13.4. The van der Waals surface area contributed by atoms with Gasteiger partial charge in [0.15, 0.2) is 0 Å². The van der Waals surface area contributed by atoms with Crippen molar-refractivity contribution in [3.8, 4) is 0 Å². The first-order valence-electron chi connectivity index (χ1n) is 13.4. The first kappa shape index (κ1) is 25.9. The van der Waals surface area contributed by atoms with Crippen LogP contribution in [0.4, 0.5) is 5.69 Å². The summed E-state index contributed by atoms with van der Waals surface area (Å²) in [6, 6.07) is 8.82. The van der Waals surface area contributed by atoms with E-state index < -0.39 is 0 Å². The van der Waals surface area contributed by atoms with Gasteiger partial charge in [-0.05, 0) is 62.3 Å². The highest BCUT2D eigenvalue weighted by Gasteiger charge is 2.26. The van der Waals surface area contributed by atoms with E-state index in [-0.39, 0.29) is 12.1 Å². The molecule has 1 saturated heterocycles. The molecule has 2 aliphatic heterocycles. The zero-order valence-electron chi connectivity index (χ0n) is 22.0. The Balaban J connectivity index is 1.39. The molecule has 1 aliphatic carbocycles. The number of piperidine rings is 1. The summed E-state index contributed by atoms with van der Waals surface area (Å²) in [6.45, 7) is 5.95. The molecule has 0 spiro atoms. The number of hydrogen-bond acceptors (Lipinski definition) is 7. The van der Waals surface area contributed by atoms with Crippen molar-refractivity contribution in [2.24, 2.45) is 20.9 Å². The van der Waals surface area contributed by atoms with Crippen molar-refractivity contribution >= 4 is 23.3 Å². The molecule has 0 amide bonds. The predicted octanol–water partition coefficient (Wildman–Crippen LogP) is 5.03. The largest absolute Gasteiger partial charge is 0.385 e. The molecule has 4 rings (SSSR count). The van der Waals surface area contributed by atoms with E-state index in [1.807, 2.05) is 12.4 Å². The van der Waals surface area contributed by atoms with Crippen LogP contribution in [0.5, 0.6) is 0 Å². The highest BCUT2D eigenvalue weighted by atomic mass is 16.3. The minimum Gasteiger partial charge on any atom is -0.385 e. The Hall–Kier alpha value is -3.16. The summed E-state index contributed by atoms with van der Waals surface area (Å²) in [5.41, 5.74) is 11.0. The molecule has 2 fully saturated rings. The number of hydrogen-bond donors (Lipinski definition) is 2. The second kappa shape index (κ2) is 12.2.